The molecule has 0 bridgehead atoms. The monoisotopic (exact) mass is 375 g/mol. The number of hydroxylamine groups is 1. The highest BCUT2D eigenvalue weighted by Crippen LogP contribution is 2.17. The van der Waals surface area contributed by atoms with Gasteiger partial charge in [-0.15, -0.1) is 0 Å². The smallest absolute Gasteiger partial charge is 0.327 e. The summed E-state index contributed by atoms with van der Waals surface area (Å²) in [5.41, 5.74) is 0.202. The van der Waals surface area contributed by atoms with Gasteiger partial charge in [-0.1, -0.05) is 6.07 Å². The van der Waals surface area contributed by atoms with Crippen LogP contribution >= 0.6 is 12.6 Å². The van der Waals surface area contributed by atoms with Crippen LogP contribution < -0.4 is 5.32 Å². The molecule has 2 rings (SSSR count). The van der Waals surface area contributed by atoms with E-state index in [1.165, 1.54) is 6.21 Å². The Morgan fingerprint density at radius 1 is 1.35 bits per heavy atom. The van der Waals surface area contributed by atoms with Crippen molar-refractivity contribution in [2.45, 2.75) is 32.4 Å². The zero-order valence-corrected chi connectivity index (χ0v) is 15.7. The second-order valence-corrected chi connectivity index (χ2v) is 7.21. The minimum absolute atomic E-state index is 0.0101. The van der Waals surface area contributed by atoms with Crippen LogP contribution in [0.5, 0.6) is 0 Å². The number of thiol groups is 1. The normalized spacial score (nSPS) is 13.5. The number of fused-ring (bicyclic) bond motifs is 1. The summed E-state index contributed by atoms with van der Waals surface area (Å²) >= 11 is 3.93. The molecule has 138 valence electrons. The lowest BCUT2D eigenvalue weighted by Gasteiger charge is -2.18. The van der Waals surface area contributed by atoms with Crippen molar-refractivity contribution in [1.29, 1.82) is 0 Å². The number of aliphatic carboxylic acids is 1. The standard InChI is InChI=1S/C18H21N3O4S/c1-18(2,3)21(25)9-14-7-13-6-11(4-5-12(13)8-19-14)16(22)20-15(10-26)17(23)24/h4-9,15,26H,10H2,1-3H3,(H,20,22)(H,23,24)/b21-9-. The number of carbonyl (C=O) groups is 2. The average Bonchev–Trinajstić information content (AvgIpc) is 2.57. The number of benzene rings is 1. The van der Waals surface area contributed by atoms with E-state index in [1.807, 2.05) is 0 Å². The molecule has 0 saturated heterocycles. The molecule has 7 nitrogen and oxygen atoms in total. The van der Waals surface area contributed by atoms with Gasteiger partial charge >= 0.3 is 5.97 Å². The SMILES string of the molecule is CC(C)(C)/[N+]([O-])=C/c1cc2cc(C(=O)NC(CS)C(=O)O)ccc2cn1. The van der Waals surface area contributed by atoms with Gasteiger partial charge in [-0.3, -0.25) is 4.79 Å². The lowest BCUT2D eigenvalue weighted by atomic mass is 10.1. The van der Waals surface area contributed by atoms with Crippen LogP contribution in [0, 0.1) is 5.21 Å². The van der Waals surface area contributed by atoms with Crippen LogP contribution in [-0.4, -0.2) is 50.3 Å². The third kappa shape index (κ3) is 4.72. The zero-order valence-electron chi connectivity index (χ0n) is 14.8. The summed E-state index contributed by atoms with van der Waals surface area (Å²) in [5.74, 6) is -1.66. The number of carboxylic acids is 1. The number of hydrogen-bond donors (Lipinski definition) is 3. The summed E-state index contributed by atoms with van der Waals surface area (Å²) in [6, 6.07) is 5.58. The number of carboxylic acid groups (broad SMARTS) is 1. The first-order chi connectivity index (χ1) is 12.1. The predicted octanol–water partition coefficient (Wildman–Crippen LogP) is 2.08. The Kier molecular flexibility index (Phi) is 5.86. The maximum absolute atomic E-state index is 12.3. The molecule has 0 fully saturated rings. The summed E-state index contributed by atoms with van der Waals surface area (Å²) in [6.07, 6.45) is 3.01. The summed E-state index contributed by atoms with van der Waals surface area (Å²) in [7, 11) is 0. The molecule has 1 amide bonds. The first kappa shape index (κ1) is 19.7. The molecule has 2 aromatic rings. The Balaban J connectivity index is 2.34. The van der Waals surface area contributed by atoms with E-state index in [0.717, 1.165) is 15.5 Å². The predicted molar refractivity (Wildman–Crippen MR) is 103 cm³/mol. The fourth-order valence-electron chi connectivity index (χ4n) is 2.11. The number of pyridine rings is 1. The van der Waals surface area contributed by atoms with E-state index in [0.29, 0.717) is 11.3 Å². The van der Waals surface area contributed by atoms with Crippen molar-refractivity contribution in [3.63, 3.8) is 0 Å². The van der Waals surface area contributed by atoms with Gasteiger partial charge in [-0.05, 0) is 23.6 Å². The molecule has 0 aliphatic heterocycles. The molecule has 0 saturated carbocycles. The number of rotatable bonds is 5. The van der Waals surface area contributed by atoms with Crippen LogP contribution in [0.3, 0.4) is 0 Å². The Labute approximate surface area is 156 Å². The lowest BCUT2D eigenvalue weighted by Crippen LogP contribution is -2.42. The number of hydrogen-bond acceptors (Lipinski definition) is 5. The average molecular weight is 375 g/mol. The second kappa shape index (κ2) is 7.74. The van der Waals surface area contributed by atoms with E-state index < -0.39 is 23.5 Å². The summed E-state index contributed by atoms with van der Waals surface area (Å²) < 4.78 is 0.821. The Morgan fingerprint density at radius 3 is 2.62 bits per heavy atom. The molecule has 1 aromatic carbocycles. The molecule has 1 aromatic heterocycles. The number of amides is 1. The first-order valence-electron chi connectivity index (χ1n) is 7.97. The van der Waals surface area contributed by atoms with Crippen molar-refractivity contribution in [2.75, 3.05) is 5.75 Å². The van der Waals surface area contributed by atoms with Gasteiger partial charge in [0.2, 0.25) is 6.21 Å². The molecule has 26 heavy (non-hydrogen) atoms. The van der Waals surface area contributed by atoms with Crippen molar-refractivity contribution < 1.29 is 19.4 Å². The third-order valence-corrected chi connectivity index (χ3v) is 4.07. The van der Waals surface area contributed by atoms with Crippen molar-refractivity contribution >= 4 is 41.5 Å². The molecule has 1 unspecified atom stereocenters. The number of carbonyl (C=O) groups excluding carboxylic acids is 1. The van der Waals surface area contributed by atoms with Gasteiger partial charge in [0, 0.05) is 43.7 Å². The van der Waals surface area contributed by atoms with Gasteiger partial charge in [0.15, 0.2) is 5.54 Å². The molecule has 0 aliphatic carbocycles. The highest BCUT2D eigenvalue weighted by Gasteiger charge is 2.20. The summed E-state index contributed by atoms with van der Waals surface area (Å²) in [5, 5.41) is 25.0. The maximum Gasteiger partial charge on any atom is 0.327 e. The quantitative estimate of drug-likeness (QED) is 0.244. The van der Waals surface area contributed by atoms with Gasteiger partial charge < -0.3 is 15.6 Å². The molecule has 8 heteroatoms. The number of nitrogens with one attached hydrogen (secondary N) is 1. The van der Waals surface area contributed by atoms with Gasteiger partial charge in [0.05, 0.1) is 0 Å². The van der Waals surface area contributed by atoms with Crippen molar-refractivity contribution in [1.82, 2.24) is 10.3 Å². The Morgan fingerprint density at radius 2 is 2.04 bits per heavy atom. The first-order valence-corrected chi connectivity index (χ1v) is 8.61. The largest absolute Gasteiger partial charge is 0.623 e. The molecule has 1 atom stereocenters. The van der Waals surface area contributed by atoms with E-state index >= 15 is 0 Å². The van der Waals surface area contributed by atoms with Crippen LogP contribution in [0.2, 0.25) is 0 Å². The summed E-state index contributed by atoms with van der Waals surface area (Å²) in [6.45, 7) is 5.38. The molecular weight excluding hydrogens is 354 g/mol. The fraction of sp³-hybridized carbons (Fsp3) is 0.333. The van der Waals surface area contributed by atoms with Crippen molar-refractivity contribution in [2.24, 2.45) is 0 Å². The van der Waals surface area contributed by atoms with E-state index in [-0.39, 0.29) is 5.75 Å². The maximum atomic E-state index is 12.3. The van der Waals surface area contributed by atoms with Crippen LogP contribution in [0.4, 0.5) is 0 Å². The second-order valence-electron chi connectivity index (χ2n) is 6.84. The molecule has 0 aliphatic rings. The number of aromatic nitrogens is 1. The third-order valence-electron chi connectivity index (χ3n) is 3.70. The van der Waals surface area contributed by atoms with Crippen LogP contribution in [0.1, 0.15) is 36.8 Å². The van der Waals surface area contributed by atoms with Crippen LogP contribution in [-0.2, 0) is 4.79 Å². The molecule has 1 heterocycles. The van der Waals surface area contributed by atoms with Crippen molar-refractivity contribution in [3.05, 3.63) is 46.9 Å². The van der Waals surface area contributed by atoms with Gasteiger partial charge in [0.25, 0.3) is 5.91 Å². The zero-order chi connectivity index (χ0) is 19.5. The van der Waals surface area contributed by atoms with E-state index in [9.17, 15) is 14.8 Å². The lowest BCUT2D eigenvalue weighted by molar-refractivity contribution is -0.530. The highest BCUT2D eigenvalue weighted by atomic mass is 32.1. The van der Waals surface area contributed by atoms with Crippen LogP contribution in [0.15, 0.2) is 30.5 Å². The Bertz CT molecular complexity index is 874. The van der Waals surface area contributed by atoms with E-state index in [2.05, 4.69) is 22.9 Å². The van der Waals surface area contributed by atoms with E-state index in [1.54, 1.807) is 51.2 Å². The molecule has 2 N–H and O–H groups in total. The van der Waals surface area contributed by atoms with Gasteiger partial charge in [-0.2, -0.15) is 12.6 Å². The number of nitrogens with zero attached hydrogens (tertiary/aromatic N) is 2. The fourth-order valence-corrected chi connectivity index (χ4v) is 2.36. The summed E-state index contributed by atoms with van der Waals surface area (Å²) in [4.78, 5) is 27.5. The van der Waals surface area contributed by atoms with Crippen LogP contribution in [0.25, 0.3) is 10.8 Å². The minimum atomic E-state index is -1.15. The minimum Gasteiger partial charge on any atom is -0.623 e. The Hall–Kier alpha value is -2.61. The molecular formula is C18H21N3O4S. The highest BCUT2D eigenvalue weighted by molar-refractivity contribution is 7.80. The van der Waals surface area contributed by atoms with Gasteiger partial charge in [0.1, 0.15) is 11.7 Å². The topological polar surface area (TPSA) is 105 Å². The molecule has 0 radical (unpaired) electrons. The molecule has 0 spiro atoms. The van der Waals surface area contributed by atoms with E-state index in [4.69, 9.17) is 5.11 Å². The van der Waals surface area contributed by atoms with Crippen molar-refractivity contribution in [3.8, 4) is 0 Å². The van der Waals surface area contributed by atoms with Gasteiger partial charge in [-0.25, -0.2) is 14.5 Å².